The van der Waals surface area contributed by atoms with Gasteiger partial charge in [-0.15, -0.1) is 0 Å². The Morgan fingerprint density at radius 1 is 0.917 bits per heavy atom. The number of aromatic nitrogens is 2. The van der Waals surface area contributed by atoms with E-state index in [9.17, 15) is 4.39 Å². The lowest BCUT2D eigenvalue weighted by Crippen LogP contribution is -2.13. The fourth-order valence-electron chi connectivity index (χ4n) is 1.96. The Labute approximate surface area is 142 Å². The van der Waals surface area contributed by atoms with Gasteiger partial charge in [-0.05, 0) is 30.3 Å². The van der Waals surface area contributed by atoms with Gasteiger partial charge in [0.25, 0.3) is 0 Å². The third-order valence-corrected chi connectivity index (χ3v) is 3.45. The monoisotopic (exact) mass is 344 g/mol. The van der Waals surface area contributed by atoms with Gasteiger partial charge < -0.3 is 11.1 Å². The molecule has 0 atom stereocenters. The Morgan fingerprint density at radius 3 is 2.42 bits per heavy atom. The fraction of sp³-hybridized carbons (Fsp3) is 0. The third kappa shape index (κ3) is 3.64. The molecule has 2 aromatic carbocycles. The largest absolute Gasteiger partial charge is 0.393 e. The molecule has 0 unspecified atom stereocenters. The molecule has 0 aliphatic carbocycles. The number of hydrogen-bond acceptors (Lipinski definition) is 6. The molecule has 0 radical (unpaired) electrons. The van der Waals surface area contributed by atoms with Crippen LogP contribution in [0.2, 0.25) is 5.02 Å². The summed E-state index contributed by atoms with van der Waals surface area (Å²) in [5, 5.41) is 2.99. The van der Waals surface area contributed by atoms with Gasteiger partial charge in [0, 0.05) is 5.69 Å². The second kappa shape index (κ2) is 7.01. The summed E-state index contributed by atoms with van der Waals surface area (Å²) < 4.78 is 13.2. The molecule has 0 aliphatic rings. The van der Waals surface area contributed by atoms with E-state index < -0.39 is 5.82 Å². The van der Waals surface area contributed by atoms with Crippen LogP contribution in [-0.4, -0.2) is 9.97 Å². The van der Waals surface area contributed by atoms with Crippen molar-refractivity contribution in [1.29, 1.82) is 0 Å². The number of nitrogens with two attached hydrogens (primary N) is 1. The van der Waals surface area contributed by atoms with Crippen LogP contribution in [0.4, 0.5) is 33.1 Å². The lowest BCUT2D eigenvalue weighted by molar-refractivity contribution is 0.628. The number of nitrogen functional groups attached to an aromatic ring is 1. The first-order valence-corrected chi connectivity index (χ1v) is 7.41. The van der Waals surface area contributed by atoms with E-state index in [0.717, 1.165) is 5.69 Å². The molecule has 1 aromatic heterocycles. The van der Waals surface area contributed by atoms with Crippen molar-refractivity contribution in [2.75, 3.05) is 21.9 Å². The van der Waals surface area contributed by atoms with Crippen LogP contribution in [0.1, 0.15) is 0 Å². The second-order valence-electron chi connectivity index (χ2n) is 4.85. The van der Waals surface area contributed by atoms with Crippen molar-refractivity contribution in [3.05, 3.63) is 65.7 Å². The van der Waals surface area contributed by atoms with Crippen LogP contribution in [0.5, 0.6) is 0 Å². The average molecular weight is 345 g/mol. The van der Waals surface area contributed by atoms with E-state index in [4.69, 9.17) is 17.3 Å². The van der Waals surface area contributed by atoms with Gasteiger partial charge in [0.15, 0.2) is 11.6 Å². The van der Waals surface area contributed by atoms with Gasteiger partial charge in [-0.25, -0.2) is 14.4 Å². The Morgan fingerprint density at radius 2 is 1.67 bits per heavy atom. The van der Waals surface area contributed by atoms with Crippen molar-refractivity contribution in [3.63, 3.8) is 0 Å². The highest BCUT2D eigenvalue weighted by atomic mass is 35.5. The van der Waals surface area contributed by atoms with E-state index in [0.29, 0.717) is 23.0 Å². The molecule has 0 bridgehead atoms. The number of para-hydroxylation sites is 1. The zero-order valence-electron chi connectivity index (χ0n) is 12.4. The highest BCUT2D eigenvalue weighted by Gasteiger charge is 2.09. The van der Waals surface area contributed by atoms with Crippen LogP contribution in [0.25, 0.3) is 0 Å². The van der Waals surface area contributed by atoms with Crippen molar-refractivity contribution in [3.8, 4) is 0 Å². The van der Waals surface area contributed by atoms with Crippen molar-refractivity contribution < 1.29 is 4.39 Å². The highest BCUT2D eigenvalue weighted by molar-refractivity contribution is 6.31. The number of hydrazine groups is 1. The number of nitrogens with one attached hydrogen (secondary N) is 3. The quantitative estimate of drug-likeness (QED) is 0.523. The summed E-state index contributed by atoms with van der Waals surface area (Å²) in [7, 11) is 0. The SMILES string of the molecule is Nc1c(NNc2ccccc2)ncnc1Nc1ccc(F)c(Cl)c1. The molecule has 3 rings (SSSR count). The molecule has 24 heavy (non-hydrogen) atoms. The lowest BCUT2D eigenvalue weighted by atomic mass is 10.3. The smallest absolute Gasteiger partial charge is 0.173 e. The normalized spacial score (nSPS) is 10.2. The Balaban J connectivity index is 1.76. The van der Waals surface area contributed by atoms with Crippen LogP contribution in [0.3, 0.4) is 0 Å². The summed E-state index contributed by atoms with van der Waals surface area (Å²) in [5.74, 6) is 0.293. The Hall–Kier alpha value is -3.06. The average Bonchev–Trinajstić information content (AvgIpc) is 2.60. The minimum Gasteiger partial charge on any atom is -0.393 e. The third-order valence-electron chi connectivity index (χ3n) is 3.17. The predicted octanol–water partition coefficient (Wildman–Crippen LogP) is 4.03. The first-order chi connectivity index (χ1) is 11.6. The van der Waals surface area contributed by atoms with Crippen LogP contribution in [0.15, 0.2) is 54.9 Å². The van der Waals surface area contributed by atoms with Gasteiger partial charge in [0.2, 0.25) is 0 Å². The van der Waals surface area contributed by atoms with Gasteiger partial charge in [0.1, 0.15) is 17.8 Å². The zero-order valence-corrected chi connectivity index (χ0v) is 13.2. The van der Waals surface area contributed by atoms with Gasteiger partial charge >= 0.3 is 0 Å². The van der Waals surface area contributed by atoms with Crippen LogP contribution < -0.4 is 21.9 Å². The second-order valence-corrected chi connectivity index (χ2v) is 5.26. The van der Waals surface area contributed by atoms with Crippen molar-refractivity contribution in [1.82, 2.24) is 9.97 Å². The van der Waals surface area contributed by atoms with E-state index in [1.54, 1.807) is 0 Å². The summed E-state index contributed by atoms with van der Waals surface area (Å²) in [4.78, 5) is 8.18. The summed E-state index contributed by atoms with van der Waals surface area (Å²) in [5.41, 5.74) is 13.7. The van der Waals surface area contributed by atoms with E-state index in [1.807, 2.05) is 30.3 Å². The molecule has 5 N–H and O–H groups in total. The maximum atomic E-state index is 13.2. The van der Waals surface area contributed by atoms with Crippen molar-refractivity contribution >= 4 is 40.3 Å². The maximum absolute atomic E-state index is 13.2. The van der Waals surface area contributed by atoms with Crippen LogP contribution in [0, 0.1) is 5.82 Å². The topological polar surface area (TPSA) is 87.9 Å². The van der Waals surface area contributed by atoms with E-state index in [-0.39, 0.29) is 5.02 Å². The fourth-order valence-corrected chi connectivity index (χ4v) is 2.14. The van der Waals surface area contributed by atoms with Crippen molar-refractivity contribution in [2.45, 2.75) is 0 Å². The number of halogens is 2. The number of benzene rings is 2. The molecule has 0 saturated carbocycles. The summed E-state index contributed by atoms with van der Waals surface area (Å²) in [6.45, 7) is 0. The number of anilines is 5. The molecule has 122 valence electrons. The standard InChI is InChI=1S/C16H14ClFN6/c17-12-8-11(6-7-13(12)18)22-15-14(19)16(21-9-20-15)24-23-10-4-2-1-3-5-10/h1-9,23H,19H2,(H2,20,21,22,24). The summed E-state index contributed by atoms with van der Waals surface area (Å²) in [6.07, 6.45) is 1.36. The van der Waals surface area contributed by atoms with E-state index in [1.165, 1.54) is 24.5 Å². The van der Waals surface area contributed by atoms with E-state index in [2.05, 4.69) is 26.1 Å². The zero-order chi connectivity index (χ0) is 16.9. The van der Waals surface area contributed by atoms with Crippen LogP contribution in [-0.2, 0) is 0 Å². The molecule has 8 heteroatoms. The molecule has 1 heterocycles. The van der Waals surface area contributed by atoms with Crippen LogP contribution >= 0.6 is 11.6 Å². The minimum atomic E-state index is -0.493. The number of rotatable bonds is 5. The van der Waals surface area contributed by atoms with Gasteiger partial charge in [0.05, 0.1) is 10.7 Å². The van der Waals surface area contributed by atoms with E-state index >= 15 is 0 Å². The Bertz CT molecular complexity index is 843. The van der Waals surface area contributed by atoms with Gasteiger partial charge in [-0.1, -0.05) is 29.8 Å². The van der Waals surface area contributed by atoms with Crippen molar-refractivity contribution in [2.24, 2.45) is 0 Å². The summed E-state index contributed by atoms with van der Waals surface area (Å²) in [6, 6.07) is 13.8. The first-order valence-electron chi connectivity index (χ1n) is 7.03. The molecule has 0 aliphatic heterocycles. The molecule has 0 spiro atoms. The molecular weight excluding hydrogens is 331 g/mol. The van der Waals surface area contributed by atoms with Gasteiger partial charge in [-0.2, -0.15) is 0 Å². The molecule has 0 saturated heterocycles. The molecule has 6 nitrogen and oxygen atoms in total. The lowest BCUT2D eigenvalue weighted by Gasteiger charge is -2.14. The highest BCUT2D eigenvalue weighted by Crippen LogP contribution is 2.27. The minimum absolute atomic E-state index is 0.0109. The molecule has 3 aromatic rings. The Kier molecular flexibility index (Phi) is 4.62. The summed E-state index contributed by atoms with van der Waals surface area (Å²) >= 11 is 5.77. The number of hydrogen-bond donors (Lipinski definition) is 4. The molecule has 0 fully saturated rings. The molecular formula is C16H14ClFN6. The maximum Gasteiger partial charge on any atom is 0.173 e. The van der Waals surface area contributed by atoms with Gasteiger partial charge in [-0.3, -0.25) is 10.9 Å². The predicted molar refractivity (Wildman–Crippen MR) is 94.8 cm³/mol. The number of nitrogens with zero attached hydrogens (tertiary/aromatic N) is 2. The first kappa shape index (κ1) is 15.8. The molecule has 0 amide bonds.